The van der Waals surface area contributed by atoms with Crippen LogP contribution in [0.1, 0.15) is 22.5 Å². The summed E-state index contributed by atoms with van der Waals surface area (Å²) in [5, 5.41) is 10.8. The highest BCUT2D eigenvalue weighted by Gasteiger charge is 2.06. The van der Waals surface area contributed by atoms with Crippen LogP contribution in [0.25, 0.3) is 0 Å². The van der Waals surface area contributed by atoms with Crippen molar-refractivity contribution in [1.29, 1.82) is 0 Å². The van der Waals surface area contributed by atoms with Gasteiger partial charge in [-0.3, -0.25) is 9.59 Å². The topological polar surface area (TPSA) is 70.2 Å². The van der Waals surface area contributed by atoms with E-state index in [1.807, 2.05) is 66.0 Å². The van der Waals surface area contributed by atoms with Crippen molar-refractivity contribution in [1.82, 2.24) is 5.32 Å². The number of rotatable bonds is 8. The Morgan fingerprint density at radius 3 is 2.22 bits per heavy atom. The molecule has 0 unspecified atom stereocenters. The van der Waals surface area contributed by atoms with Crippen LogP contribution in [-0.4, -0.2) is 18.4 Å². The lowest BCUT2D eigenvalue weighted by atomic mass is 10.2. The standard InChI is InChI=1S/C21H21N3O2S/c25-20(9-4-14-22-21(26)19-8-5-15-27-19)24-18-12-10-17(11-13-18)23-16-6-2-1-3-7-16/h1-3,5-8,10-13,15,23H,4,9,14H2,(H,22,26)(H,24,25). The first-order valence-corrected chi connectivity index (χ1v) is 9.62. The number of thiophene rings is 1. The molecule has 0 radical (unpaired) electrons. The van der Waals surface area contributed by atoms with E-state index in [0.29, 0.717) is 24.3 Å². The van der Waals surface area contributed by atoms with E-state index in [4.69, 9.17) is 0 Å². The average molecular weight is 379 g/mol. The minimum Gasteiger partial charge on any atom is -0.356 e. The zero-order chi connectivity index (χ0) is 18.9. The van der Waals surface area contributed by atoms with Gasteiger partial charge in [0.2, 0.25) is 5.91 Å². The molecule has 6 heteroatoms. The first-order chi connectivity index (χ1) is 13.2. The van der Waals surface area contributed by atoms with Crippen LogP contribution in [0, 0.1) is 0 Å². The van der Waals surface area contributed by atoms with Gasteiger partial charge >= 0.3 is 0 Å². The first kappa shape index (κ1) is 18.7. The van der Waals surface area contributed by atoms with Gasteiger partial charge in [0.25, 0.3) is 5.91 Å². The van der Waals surface area contributed by atoms with E-state index in [9.17, 15) is 9.59 Å². The maximum absolute atomic E-state index is 12.0. The third-order valence-corrected chi connectivity index (χ3v) is 4.71. The minimum atomic E-state index is -0.0908. The SMILES string of the molecule is O=C(CCCNC(=O)c1cccs1)Nc1ccc(Nc2ccccc2)cc1. The summed E-state index contributed by atoms with van der Waals surface area (Å²) in [5.74, 6) is -0.156. The highest BCUT2D eigenvalue weighted by Crippen LogP contribution is 2.18. The van der Waals surface area contributed by atoms with Crippen LogP contribution in [0.4, 0.5) is 17.1 Å². The highest BCUT2D eigenvalue weighted by atomic mass is 32.1. The molecule has 0 saturated heterocycles. The van der Waals surface area contributed by atoms with Gasteiger partial charge in [-0.25, -0.2) is 0 Å². The molecule has 3 rings (SSSR count). The van der Waals surface area contributed by atoms with E-state index in [0.717, 1.165) is 17.1 Å². The van der Waals surface area contributed by atoms with E-state index in [1.165, 1.54) is 11.3 Å². The van der Waals surface area contributed by atoms with Gasteiger partial charge in [-0.15, -0.1) is 11.3 Å². The number of hydrogen-bond donors (Lipinski definition) is 3. The summed E-state index contributed by atoms with van der Waals surface area (Å²) in [6.45, 7) is 0.476. The van der Waals surface area contributed by atoms with Gasteiger partial charge in [-0.05, 0) is 54.3 Å². The summed E-state index contributed by atoms with van der Waals surface area (Å²) >= 11 is 1.40. The van der Waals surface area contributed by atoms with Crippen molar-refractivity contribution >= 4 is 40.2 Å². The van der Waals surface area contributed by atoms with Crippen molar-refractivity contribution in [2.24, 2.45) is 0 Å². The Morgan fingerprint density at radius 2 is 1.52 bits per heavy atom. The summed E-state index contributed by atoms with van der Waals surface area (Å²) in [4.78, 5) is 24.5. The van der Waals surface area contributed by atoms with E-state index in [-0.39, 0.29) is 11.8 Å². The maximum Gasteiger partial charge on any atom is 0.261 e. The molecule has 138 valence electrons. The molecule has 2 aromatic carbocycles. The van der Waals surface area contributed by atoms with Gasteiger partial charge < -0.3 is 16.0 Å². The molecule has 0 fully saturated rings. The Balaban J connectivity index is 1.38. The van der Waals surface area contributed by atoms with Gasteiger partial charge in [0, 0.05) is 30.0 Å². The molecule has 0 bridgehead atoms. The lowest BCUT2D eigenvalue weighted by Crippen LogP contribution is -2.24. The van der Waals surface area contributed by atoms with E-state index >= 15 is 0 Å². The van der Waals surface area contributed by atoms with Crippen molar-refractivity contribution in [3.63, 3.8) is 0 Å². The predicted molar refractivity (Wildman–Crippen MR) is 111 cm³/mol. The largest absolute Gasteiger partial charge is 0.356 e. The lowest BCUT2D eigenvalue weighted by molar-refractivity contribution is -0.116. The molecule has 0 aliphatic rings. The van der Waals surface area contributed by atoms with Crippen LogP contribution in [0.2, 0.25) is 0 Å². The zero-order valence-electron chi connectivity index (χ0n) is 14.8. The van der Waals surface area contributed by atoms with E-state index in [1.54, 1.807) is 6.07 Å². The summed E-state index contributed by atoms with van der Waals surface area (Å²) in [7, 11) is 0. The molecule has 27 heavy (non-hydrogen) atoms. The van der Waals surface area contributed by atoms with Gasteiger partial charge in [0.1, 0.15) is 0 Å². The molecule has 0 spiro atoms. The van der Waals surface area contributed by atoms with Crippen LogP contribution in [0.15, 0.2) is 72.1 Å². The van der Waals surface area contributed by atoms with Crippen molar-refractivity contribution < 1.29 is 9.59 Å². The smallest absolute Gasteiger partial charge is 0.261 e. The molecule has 3 N–H and O–H groups in total. The van der Waals surface area contributed by atoms with Crippen LogP contribution < -0.4 is 16.0 Å². The molecule has 2 amide bonds. The van der Waals surface area contributed by atoms with Crippen LogP contribution in [0.3, 0.4) is 0 Å². The molecule has 0 saturated carbocycles. The Morgan fingerprint density at radius 1 is 0.815 bits per heavy atom. The van der Waals surface area contributed by atoms with E-state index < -0.39 is 0 Å². The monoisotopic (exact) mass is 379 g/mol. The summed E-state index contributed by atoms with van der Waals surface area (Å²) in [5.41, 5.74) is 2.72. The summed E-state index contributed by atoms with van der Waals surface area (Å²) in [6.07, 6.45) is 0.950. The number of para-hydroxylation sites is 1. The second kappa shape index (κ2) is 9.54. The molecular formula is C21H21N3O2S. The molecule has 0 atom stereocenters. The maximum atomic E-state index is 12.0. The zero-order valence-corrected chi connectivity index (χ0v) is 15.6. The average Bonchev–Trinajstić information content (AvgIpc) is 3.22. The van der Waals surface area contributed by atoms with Gasteiger partial charge in [0.05, 0.1) is 4.88 Å². The van der Waals surface area contributed by atoms with Gasteiger partial charge in [0.15, 0.2) is 0 Å². The second-order valence-electron chi connectivity index (χ2n) is 5.95. The normalized spacial score (nSPS) is 10.2. The first-order valence-electron chi connectivity index (χ1n) is 8.74. The predicted octanol–water partition coefficient (Wildman–Crippen LogP) is 4.64. The molecule has 1 aromatic heterocycles. The highest BCUT2D eigenvalue weighted by molar-refractivity contribution is 7.12. The quantitative estimate of drug-likeness (QED) is 0.499. The lowest BCUT2D eigenvalue weighted by Gasteiger charge is -2.09. The number of carbonyl (C=O) groups excluding carboxylic acids is 2. The number of hydrogen-bond acceptors (Lipinski definition) is 4. The van der Waals surface area contributed by atoms with Gasteiger partial charge in [-0.1, -0.05) is 24.3 Å². The van der Waals surface area contributed by atoms with Gasteiger partial charge in [-0.2, -0.15) is 0 Å². The third-order valence-electron chi connectivity index (χ3n) is 3.84. The van der Waals surface area contributed by atoms with E-state index in [2.05, 4.69) is 16.0 Å². The number of amides is 2. The van der Waals surface area contributed by atoms with Crippen LogP contribution >= 0.6 is 11.3 Å². The van der Waals surface area contributed by atoms with Crippen molar-refractivity contribution in [2.75, 3.05) is 17.2 Å². The fourth-order valence-corrected chi connectivity index (χ4v) is 3.13. The molecular weight excluding hydrogens is 358 g/mol. The van der Waals surface area contributed by atoms with Crippen LogP contribution in [0.5, 0.6) is 0 Å². The molecule has 1 heterocycles. The Bertz CT molecular complexity index is 862. The number of nitrogens with one attached hydrogen (secondary N) is 3. The fraction of sp³-hybridized carbons (Fsp3) is 0.143. The fourth-order valence-electron chi connectivity index (χ4n) is 2.49. The summed E-state index contributed by atoms with van der Waals surface area (Å²) < 4.78 is 0. The molecule has 3 aromatic rings. The third kappa shape index (κ3) is 5.97. The van der Waals surface area contributed by atoms with Crippen LogP contribution in [-0.2, 0) is 4.79 Å². The molecule has 0 aliphatic heterocycles. The van der Waals surface area contributed by atoms with Crippen molar-refractivity contribution in [2.45, 2.75) is 12.8 Å². The minimum absolute atomic E-state index is 0.0656. The Labute approximate surface area is 162 Å². The van der Waals surface area contributed by atoms with Crippen molar-refractivity contribution in [3.05, 3.63) is 77.0 Å². The molecule has 5 nitrogen and oxygen atoms in total. The Hall–Kier alpha value is -3.12. The number of carbonyl (C=O) groups is 2. The molecule has 0 aliphatic carbocycles. The van der Waals surface area contributed by atoms with Crippen molar-refractivity contribution in [3.8, 4) is 0 Å². The number of benzene rings is 2. The second-order valence-corrected chi connectivity index (χ2v) is 6.90. The Kier molecular flexibility index (Phi) is 6.60. The number of anilines is 3. The summed E-state index contributed by atoms with van der Waals surface area (Å²) in [6, 6.07) is 21.1.